The number of nitrogens with zero attached hydrogens (tertiary/aromatic N) is 3. The molecule has 0 bridgehead atoms. The molecule has 0 spiro atoms. The minimum atomic E-state index is -4.37. The molecule has 3 amide bonds. The lowest BCUT2D eigenvalue weighted by molar-refractivity contribution is -0.148. The molecule has 0 unspecified atom stereocenters. The van der Waals surface area contributed by atoms with E-state index in [-0.39, 0.29) is 36.7 Å². The van der Waals surface area contributed by atoms with Crippen molar-refractivity contribution in [3.8, 4) is 0 Å². The first kappa shape index (κ1) is 23.9. The van der Waals surface area contributed by atoms with E-state index in [1.807, 2.05) is 18.2 Å². The highest BCUT2D eigenvalue weighted by Gasteiger charge is 2.33. The van der Waals surface area contributed by atoms with Gasteiger partial charge in [0.1, 0.15) is 0 Å². The molecular formula is C25H26F3N3O3. The zero-order valence-electron chi connectivity index (χ0n) is 18.7. The Balaban J connectivity index is 1.41. The molecule has 2 aliphatic heterocycles. The summed E-state index contributed by atoms with van der Waals surface area (Å²) in [5, 5.41) is 0. The van der Waals surface area contributed by atoms with E-state index in [1.54, 1.807) is 4.90 Å². The van der Waals surface area contributed by atoms with Crippen molar-refractivity contribution in [1.29, 1.82) is 0 Å². The SMILES string of the molecule is O=C1CCCC(=O)N1CCC(=O)N1CCC[C@@H]1c1cccc(Cc2ccc(C(F)(F)F)cc2)n1. The molecule has 2 fully saturated rings. The van der Waals surface area contributed by atoms with Crippen LogP contribution in [-0.4, -0.2) is 45.6 Å². The van der Waals surface area contributed by atoms with Gasteiger partial charge in [0, 0.05) is 44.5 Å². The summed E-state index contributed by atoms with van der Waals surface area (Å²) >= 11 is 0. The van der Waals surface area contributed by atoms with Gasteiger partial charge in [0.05, 0.1) is 17.3 Å². The van der Waals surface area contributed by atoms with E-state index in [1.165, 1.54) is 17.0 Å². The summed E-state index contributed by atoms with van der Waals surface area (Å²) in [7, 11) is 0. The lowest BCUT2D eigenvalue weighted by atomic mass is 10.0. The lowest BCUT2D eigenvalue weighted by Gasteiger charge is -2.28. The third kappa shape index (κ3) is 5.46. The first-order valence-electron chi connectivity index (χ1n) is 11.5. The summed E-state index contributed by atoms with van der Waals surface area (Å²) in [5.41, 5.74) is 1.47. The van der Waals surface area contributed by atoms with Crippen LogP contribution in [0.25, 0.3) is 0 Å². The van der Waals surface area contributed by atoms with Crippen LogP contribution in [-0.2, 0) is 27.0 Å². The van der Waals surface area contributed by atoms with Gasteiger partial charge >= 0.3 is 6.18 Å². The van der Waals surface area contributed by atoms with E-state index >= 15 is 0 Å². The van der Waals surface area contributed by atoms with Crippen LogP contribution in [0.1, 0.15) is 67.1 Å². The van der Waals surface area contributed by atoms with Crippen molar-refractivity contribution in [2.45, 2.75) is 57.2 Å². The zero-order valence-corrected chi connectivity index (χ0v) is 18.7. The Morgan fingerprint density at radius 3 is 2.38 bits per heavy atom. The van der Waals surface area contributed by atoms with Crippen LogP contribution in [0.3, 0.4) is 0 Å². The Bertz CT molecular complexity index is 1050. The van der Waals surface area contributed by atoms with E-state index in [0.717, 1.165) is 30.7 Å². The predicted molar refractivity (Wildman–Crippen MR) is 117 cm³/mol. The minimum absolute atomic E-state index is 0.0826. The van der Waals surface area contributed by atoms with Gasteiger partial charge in [0.2, 0.25) is 17.7 Å². The van der Waals surface area contributed by atoms with Crippen molar-refractivity contribution in [3.05, 3.63) is 65.0 Å². The maximum absolute atomic E-state index is 12.9. The van der Waals surface area contributed by atoms with Crippen molar-refractivity contribution in [3.63, 3.8) is 0 Å². The number of piperidine rings is 1. The van der Waals surface area contributed by atoms with Gasteiger partial charge < -0.3 is 4.90 Å². The number of pyridine rings is 1. The fraction of sp³-hybridized carbons (Fsp3) is 0.440. The number of imide groups is 1. The van der Waals surface area contributed by atoms with Crippen LogP contribution in [0.5, 0.6) is 0 Å². The number of hydrogen-bond donors (Lipinski definition) is 0. The number of carbonyl (C=O) groups is 3. The number of hydrogen-bond acceptors (Lipinski definition) is 4. The van der Waals surface area contributed by atoms with Crippen LogP contribution < -0.4 is 0 Å². The molecule has 0 saturated carbocycles. The van der Waals surface area contributed by atoms with Gasteiger partial charge in [0.15, 0.2) is 0 Å². The Kier molecular flexibility index (Phi) is 7.00. The fourth-order valence-electron chi connectivity index (χ4n) is 4.58. The Morgan fingerprint density at radius 1 is 1.00 bits per heavy atom. The van der Waals surface area contributed by atoms with E-state index in [2.05, 4.69) is 0 Å². The minimum Gasteiger partial charge on any atom is -0.334 e. The number of carbonyl (C=O) groups excluding carboxylic acids is 3. The van der Waals surface area contributed by atoms with Crippen LogP contribution >= 0.6 is 0 Å². The van der Waals surface area contributed by atoms with E-state index in [9.17, 15) is 27.6 Å². The van der Waals surface area contributed by atoms with Gasteiger partial charge in [0.25, 0.3) is 0 Å². The number of amides is 3. The molecule has 6 nitrogen and oxygen atoms in total. The van der Waals surface area contributed by atoms with E-state index in [0.29, 0.717) is 43.5 Å². The maximum atomic E-state index is 12.9. The summed E-state index contributed by atoms with van der Waals surface area (Å²) in [6.07, 6.45) is -1.10. The first-order chi connectivity index (χ1) is 16.2. The predicted octanol–water partition coefficient (Wildman–Crippen LogP) is 4.28. The third-order valence-corrected chi connectivity index (χ3v) is 6.34. The van der Waals surface area contributed by atoms with Gasteiger partial charge in [-0.1, -0.05) is 18.2 Å². The lowest BCUT2D eigenvalue weighted by Crippen LogP contribution is -2.42. The second-order valence-electron chi connectivity index (χ2n) is 8.71. The van der Waals surface area contributed by atoms with Crippen molar-refractivity contribution >= 4 is 17.7 Å². The number of alkyl halides is 3. The van der Waals surface area contributed by atoms with Crippen molar-refractivity contribution < 1.29 is 27.6 Å². The quantitative estimate of drug-likeness (QED) is 0.587. The highest BCUT2D eigenvalue weighted by molar-refractivity contribution is 5.97. The second kappa shape index (κ2) is 9.95. The summed E-state index contributed by atoms with van der Waals surface area (Å²) in [5.74, 6) is -0.567. The molecule has 34 heavy (non-hydrogen) atoms. The largest absolute Gasteiger partial charge is 0.416 e. The van der Waals surface area contributed by atoms with Gasteiger partial charge in [-0.25, -0.2) is 0 Å². The van der Waals surface area contributed by atoms with E-state index < -0.39 is 11.7 Å². The molecule has 2 aliphatic rings. The summed E-state index contributed by atoms with van der Waals surface area (Å²) in [6.45, 7) is 0.678. The van der Waals surface area contributed by atoms with Crippen molar-refractivity contribution in [2.24, 2.45) is 0 Å². The summed E-state index contributed by atoms with van der Waals surface area (Å²) < 4.78 is 38.4. The molecule has 4 rings (SSSR count). The zero-order chi connectivity index (χ0) is 24.3. The number of likely N-dealkylation sites (tertiary alicyclic amines) is 2. The van der Waals surface area contributed by atoms with Crippen molar-refractivity contribution in [2.75, 3.05) is 13.1 Å². The molecule has 2 saturated heterocycles. The molecule has 1 aromatic heterocycles. The topological polar surface area (TPSA) is 70.6 Å². The van der Waals surface area contributed by atoms with Gasteiger partial charge in [-0.15, -0.1) is 0 Å². The van der Waals surface area contributed by atoms with Crippen LogP contribution in [0.4, 0.5) is 13.2 Å². The number of rotatable bonds is 6. The molecule has 1 atom stereocenters. The van der Waals surface area contributed by atoms with Gasteiger partial charge in [-0.2, -0.15) is 13.2 Å². The molecular weight excluding hydrogens is 447 g/mol. The van der Waals surface area contributed by atoms with Gasteiger partial charge in [-0.3, -0.25) is 24.3 Å². The summed E-state index contributed by atoms with van der Waals surface area (Å²) in [4.78, 5) is 44.6. The highest BCUT2D eigenvalue weighted by atomic mass is 19.4. The third-order valence-electron chi connectivity index (χ3n) is 6.34. The Morgan fingerprint density at radius 2 is 1.71 bits per heavy atom. The van der Waals surface area contributed by atoms with E-state index in [4.69, 9.17) is 4.98 Å². The maximum Gasteiger partial charge on any atom is 0.416 e. The average molecular weight is 473 g/mol. The van der Waals surface area contributed by atoms with Gasteiger partial charge in [-0.05, 0) is 49.1 Å². The Hall–Kier alpha value is -3.23. The normalized spacial score (nSPS) is 19.1. The Labute approximate surface area is 195 Å². The smallest absolute Gasteiger partial charge is 0.334 e. The molecule has 3 heterocycles. The number of benzene rings is 1. The van der Waals surface area contributed by atoms with Crippen LogP contribution in [0.2, 0.25) is 0 Å². The van der Waals surface area contributed by atoms with Crippen LogP contribution in [0.15, 0.2) is 42.5 Å². The molecule has 0 N–H and O–H groups in total. The fourth-order valence-corrected chi connectivity index (χ4v) is 4.58. The highest BCUT2D eigenvalue weighted by Crippen LogP contribution is 2.32. The number of aromatic nitrogens is 1. The van der Waals surface area contributed by atoms with Crippen molar-refractivity contribution in [1.82, 2.24) is 14.8 Å². The van der Waals surface area contributed by atoms with Crippen LogP contribution in [0, 0.1) is 0 Å². The first-order valence-corrected chi connectivity index (χ1v) is 11.5. The molecule has 9 heteroatoms. The molecule has 0 radical (unpaired) electrons. The molecule has 0 aliphatic carbocycles. The monoisotopic (exact) mass is 473 g/mol. The summed E-state index contributed by atoms with van der Waals surface area (Å²) in [6, 6.07) is 10.3. The molecule has 1 aromatic carbocycles. The number of halogens is 3. The standard InChI is InChI=1S/C25H26F3N3O3/c26-25(27,28)18-11-9-17(10-12-18)16-19-4-1-5-20(29-19)21-6-3-14-30(21)24(34)13-15-31-22(32)7-2-8-23(31)33/h1,4-5,9-12,21H,2-3,6-8,13-16H2/t21-/m1/s1. The second-order valence-corrected chi connectivity index (χ2v) is 8.71. The molecule has 2 aromatic rings. The molecule has 180 valence electrons. The average Bonchev–Trinajstić information content (AvgIpc) is 3.29.